The lowest BCUT2D eigenvalue weighted by molar-refractivity contribution is 0.177. The Hall–Kier alpha value is -0.530. The zero-order valence-electron chi connectivity index (χ0n) is 13.5. The van der Waals surface area contributed by atoms with Crippen LogP contribution in [0.15, 0.2) is 23.1 Å². The Bertz CT molecular complexity index is 665. The summed E-state index contributed by atoms with van der Waals surface area (Å²) in [5.41, 5.74) is 5.67. The second kappa shape index (κ2) is 8.23. The molecule has 1 heterocycles. The van der Waals surface area contributed by atoms with Gasteiger partial charge in [0.15, 0.2) is 0 Å². The van der Waals surface area contributed by atoms with Gasteiger partial charge in [-0.1, -0.05) is 18.0 Å². The van der Waals surface area contributed by atoms with Crippen LogP contribution in [0.25, 0.3) is 0 Å². The van der Waals surface area contributed by atoms with Gasteiger partial charge in [-0.3, -0.25) is 0 Å². The molecule has 2 aliphatic rings. The van der Waals surface area contributed by atoms with Gasteiger partial charge in [-0.2, -0.15) is 4.31 Å². The smallest absolute Gasteiger partial charge is 0.246 e. The average Bonchev–Trinajstić information content (AvgIpc) is 2.96. The Labute approximate surface area is 154 Å². The molecule has 1 saturated heterocycles. The highest BCUT2D eigenvalue weighted by atomic mass is 35.5. The van der Waals surface area contributed by atoms with Gasteiger partial charge in [-0.15, -0.1) is 12.4 Å². The highest BCUT2D eigenvalue weighted by Gasteiger charge is 2.34. The molecule has 1 atom stereocenters. The first-order valence-corrected chi connectivity index (χ1v) is 9.95. The van der Waals surface area contributed by atoms with E-state index in [9.17, 15) is 8.42 Å². The van der Waals surface area contributed by atoms with E-state index >= 15 is 0 Å². The van der Waals surface area contributed by atoms with Crippen molar-refractivity contribution >= 4 is 34.0 Å². The van der Waals surface area contributed by atoms with Crippen LogP contribution in [-0.2, 0) is 10.0 Å². The van der Waals surface area contributed by atoms with Gasteiger partial charge in [-0.05, 0) is 55.8 Å². The zero-order chi connectivity index (χ0) is 16.4. The molecule has 3 rings (SSSR count). The third kappa shape index (κ3) is 4.17. The van der Waals surface area contributed by atoms with Crippen LogP contribution in [0.5, 0.6) is 5.75 Å². The van der Waals surface area contributed by atoms with Gasteiger partial charge < -0.3 is 10.5 Å². The molecule has 136 valence electrons. The summed E-state index contributed by atoms with van der Waals surface area (Å²) in [7, 11) is -3.60. The van der Waals surface area contributed by atoms with Crippen LogP contribution in [0.2, 0.25) is 5.02 Å². The number of halogens is 2. The van der Waals surface area contributed by atoms with Crippen molar-refractivity contribution in [2.75, 3.05) is 26.2 Å². The molecular weight excluding hydrogens is 371 g/mol. The number of nitrogens with zero attached hydrogens (tertiary/aromatic N) is 1. The quantitative estimate of drug-likeness (QED) is 0.804. The first kappa shape index (κ1) is 19.8. The molecule has 1 aromatic carbocycles. The Kier molecular flexibility index (Phi) is 6.79. The van der Waals surface area contributed by atoms with Crippen molar-refractivity contribution in [3.63, 3.8) is 0 Å². The van der Waals surface area contributed by atoms with Crippen LogP contribution in [0.4, 0.5) is 0 Å². The first-order chi connectivity index (χ1) is 11.0. The van der Waals surface area contributed by atoms with Crippen LogP contribution in [0.3, 0.4) is 0 Å². The Balaban J connectivity index is 0.00000208. The lowest BCUT2D eigenvalue weighted by Gasteiger charge is -2.26. The number of hydrogen-bond donors (Lipinski definition) is 1. The molecule has 1 unspecified atom stereocenters. The second-order valence-corrected chi connectivity index (χ2v) is 8.80. The molecule has 8 heteroatoms. The van der Waals surface area contributed by atoms with Crippen molar-refractivity contribution in [1.29, 1.82) is 0 Å². The van der Waals surface area contributed by atoms with E-state index in [4.69, 9.17) is 22.1 Å². The van der Waals surface area contributed by atoms with E-state index in [1.165, 1.54) is 16.8 Å². The monoisotopic (exact) mass is 394 g/mol. The molecule has 0 bridgehead atoms. The summed E-state index contributed by atoms with van der Waals surface area (Å²) in [6, 6.07) is 4.82. The number of benzene rings is 1. The molecule has 1 aliphatic heterocycles. The van der Waals surface area contributed by atoms with Crippen LogP contribution in [0, 0.1) is 11.8 Å². The molecule has 0 spiro atoms. The molecule has 24 heavy (non-hydrogen) atoms. The SMILES string of the molecule is Cl.NCC1CCN(S(=O)(=O)c2cc(Cl)ccc2OCC2CCC2)C1. The highest BCUT2D eigenvalue weighted by molar-refractivity contribution is 7.89. The van der Waals surface area contributed by atoms with Gasteiger partial charge in [0, 0.05) is 18.1 Å². The van der Waals surface area contributed by atoms with Gasteiger partial charge in [0.2, 0.25) is 10.0 Å². The largest absolute Gasteiger partial charge is 0.492 e. The van der Waals surface area contributed by atoms with Crippen molar-refractivity contribution in [3.05, 3.63) is 23.2 Å². The summed E-state index contributed by atoms with van der Waals surface area (Å²) in [5, 5.41) is 0.397. The molecule has 1 aromatic rings. The molecule has 2 fully saturated rings. The zero-order valence-corrected chi connectivity index (χ0v) is 15.9. The number of sulfonamides is 1. The van der Waals surface area contributed by atoms with E-state index in [1.54, 1.807) is 12.1 Å². The molecule has 2 N–H and O–H groups in total. The van der Waals surface area contributed by atoms with Crippen molar-refractivity contribution in [3.8, 4) is 5.75 Å². The summed E-state index contributed by atoms with van der Waals surface area (Å²) in [6.45, 7) is 2.04. The van der Waals surface area contributed by atoms with Gasteiger partial charge in [0.05, 0.1) is 6.61 Å². The lowest BCUT2D eigenvalue weighted by Crippen LogP contribution is -2.30. The lowest BCUT2D eigenvalue weighted by atomic mass is 9.86. The topological polar surface area (TPSA) is 72.6 Å². The average molecular weight is 395 g/mol. The normalized spacial score (nSPS) is 22.0. The summed E-state index contributed by atoms with van der Waals surface area (Å²) >= 11 is 6.03. The standard InChI is InChI=1S/C16H23ClN2O3S.ClH/c17-14-4-5-15(22-11-12-2-1-3-12)16(8-14)23(20,21)19-7-6-13(9-18)10-19;/h4-5,8,12-13H,1-3,6-7,9-11,18H2;1H. The predicted molar refractivity (Wildman–Crippen MR) is 97.5 cm³/mol. The minimum atomic E-state index is -3.60. The van der Waals surface area contributed by atoms with Gasteiger partial charge in [-0.25, -0.2) is 8.42 Å². The number of nitrogens with two attached hydrogens (primary N) is 1. The third-order valence-electron chi connectivity index (χ3n) is 4.80. The van der Waals surface area contributed by atoms with E-state index in [0.29, 0.717) is 42.9 Å². The van der Waals surface area contributed by atoms with E-state index in [2.05, 4.69) is 0 Å². The molecular formula is C16H24Cl2N2O3S. The maximum atomic E-state index is 12.9. The van der Waals surface area contributed by atoms with Gasteiger partial charge in [0.25, 0.3) is 0 Å². The van der Waals surface area contributed by atoms with Crippen molar-refractivity contribution in [2.24, 2.45) is 17.6 Å². The fraction of sp³-hybridized carbons (Fsp3) is 0.625. The predicted octanol–water partition coefficient (Wildman–Crippen LogP) is 2.91. The molecule has 5 nitrogen and oxygen atoms in total. The van der Waals surface area contributed by atoms with Crippen LogP contribution < -0.4 is 10.5 Å². The maximum absolute atomic E-state index is 12.9. The second-order valence-electron chi connectivity index (χ2n) is 6.45. The Morgan fingerprint density at radius 2 is 2.00 bits per heavy atom. The highest BCUT2D eigenvalue weighted by Crippen LogP contribution is 2.34. The van der Waals surface area contributed by atoms with E-state index in [-0.39, 0.29) is 23.2 Å². The fourth-order valence-corrected chi connectivity index (χ4v) is 4.94. The van der Waals surface area contributed by atoms with Crippen LogP contribution in [-0.4, -0.2) is 39.0 Å². The third-order valence-corrected chi connectivity index (χ3v) is 6.93. The summed E-state index contributed by atoms with van der Waals surface area (Å²) in [5.74, 6) is 1.16. The molecule has 1 saturated carbocycles. The summed E-state index contributed by atoms with van der Waals surface area (Å²) < 4.78 is 33.2. The van der Waals surface area contributed by atoms with Gasteiger partial charge >= 0.3 is 0 Å². The molecule has 1 aliphatic carbocycles. The van der Waals surface area contributed by atoms with Crippen molar-refractivity contribution in [1.82, 2.24) is 4.31 Å². The number of hydrogen-bond acceptors (Lipinski definition) is 4. The fourth-order valence-electron chi connectivity index (χ4n) is 3.02. The van der Waals surface area contributed by atoms with Crippen molar-refractivity contribution < 1.29 is 13.2 Å². The molecule has 0 radical (unpaired) electrons. The van der Waals surface area contributed by atoms with E-state index < -0.39 is 10.0 Å². The summed E-state index contributed by atoms with van der Waals surface area (Å²) in [4.78, 5) is 0.169. The number of rotatable bonds is 6. The Morgan fingerprint density at radius 1 is 1.25 bits per heavy atom. The first-order valence-electron chi connectivity index (χ1n) is 8.13. The van der Waals surface area contributed by atoms with Crippen LogP contribution in [0.1, 0.15) is 25.7 Å². The molecule has 0 aromatic heterocycles. The maximum Gasteiger partial charge on any atom is 0.246 e. The van der Waals surface area contributed by atoms with Crippen LogP contribution >= 0.6 is 24.0 Å². The Morgan fingerprint density at radius 3 is 2.58 bits per heavy atom. The number of ether oxygens (including phenoxy) is 1. The van der Waals surface area contributed by atoms with E-state index in [0.717, 1.165) is 19.3 Å². The van der Waals surface area contributed by atoms with Crippen molar-refractivity contribution in [2.45, 2.75) is 30.6 Å². The minimum Gasteiger partial charge on any atom is -0.492 e. The molecule has 0 amide bonds. The summed E-state index contributed by atoms with van der Waals surface area (Å²) in [6.07, 6.45) is 4.34. The minimum absolute atomic E-state index is 0. The van der Waals surface area contributed by atoms with Gasteiger partial charge in [0.1, 0.15) is 10.6 Å². The van der Waals surface area contributed by atoms with E-state index in [1.807, 2.05) is 0 Å².